The summed E-state index contributed by atoms with van der Waals surface area (Å²) >= 11 is 0. The number of pyridine rings is 1. The molecule has 17 heavy (non-hydrogen) atoms. The Morgan fingerprint density at radius 1 is 1.35 bits per heavy atom. The van der Waals surface area contributed by atoms with Crippen molar-refractivity contribution in [1.82, 2.24) is 4.98 Å². The van der Waals surface area contributed by atoms with Gasteiger partial charge in [0.2, 0.25) is 0 Å². The molecule has 2 aromatic rings. The van der Waals surface area contributed by atoms with Gasteiger partial charge in [0.15, 0.2) is 0 Å². The normalized spacial score (nSPS) is 11.6. The van der Waals surface area contributed by atoms with E-state index < -0.39 is 12.1 Å². The summed E-state index contributed by atoms with van der Waals surface area (Å²) < 4.78 is 5.29. The van der Waals surface area contributed by atoms with Crippen LogP contribution in [-0.4, -0.2) is 17.1 Å². The Morgan fingerprint density at radius 3 is 2.82 bits per heavy atom. The fraction of sp³-hybridized carbons (Fsp3) is 0.167. The summed E-state index contributed by atoms with van der Waals surface area (Å²) in [6.07, 6.45) is 0.694. The van der Waals surface area contributed by atoms with Crippen molar-refractivity contribution in [3.8, 4) is 5.75 Å². The Bertz CT molecular complexity index is 525. The van der Waals surface area contributed by atoms with Crippen LogP contribution in [0.2, 0.25) is 0 Å². The number of carbonyl (C=O) groups excluding carboxylic acids is 1. The first-order valence-electron chi connectivity index (χ1n) is 4.90. The van der Waals surface area contributed by atoms with Crippen LogP contribution in [-0.2, 0) is 4.79 Å². The van der Waals surface area contributed by atoms with E-state index in [0.717, 1.165) is 10.9 Å². The average molecular weight is 239 g/mol. The summed E-state index contributed by atoms with van der Waals surface area (Å²) in [5.41, 5.74) is 0.769. The molecular formula is C12H10NNaO3. The van der Waals surface area contributed by atoms with Gasteiger partial charge in [-0.3, -0.25) is 4.98 Å². The molecule has 4 nitrogen and oxygen atoms in total. The molecule has 0 saturated heterocycles. The third-order valence-corrected chi connectivity index (χ3v) is 2.24. The molecule has 1 heterocycles. The Morgan fingerprint density at radius 2 is 2.12 bits per heavy atom. The molecule has 0 amide bonds. The van der Waals surface area contributed by atoms with Crippen LogP contribution in [0.15, 0.2) is 36.5 Å². The van der Waals surface area contributed by atoms with Gasteiger partial charge in [-0.05, 0) is 31.2 Å². The number of nitrogens with zero attached hydrogens (tertiary/aromatic N) is 1. The molecule has 1 aromatic heterocycles. The molecular weight excluding hydrogens is 229 g/mol. The summed E-state index contributed by atoms with van der Waals surface area (Å²) in [6.45, 7) is 1.44. The van der Waals surface area contributed by atoms with Crippen molar-refractivity contribution in [2.45, 2.75) is 13.0 Å². The van der Waals surface area contributed by atoms with Crippen LogP contribution in [0.5, 0.6) is 5.75 Å². The Kier molecular flexibility index (Phi) is 4.93. The second kappa shape index (κ2) is 6.00. The molecule has 0 aliphatic heterocycles. The first-order chi connectivity index (χ1) is 7.68. The van der Waals surface area contributed by atoms with Gasteiger partial charge >= 0.3 is 29.6 Å². The molecule has 2 rings (SSSR count). The number of rotatable bonds is 3. The molecule has 0 N–H and O–H groups in total. The number of ether oxygens (including phenoxy) is 1. The molecule has 0 spiro atoms. The molecule has 0 fully saturated rings. The number of aromatic nitrogens is 1. The number of carboxylic acid groups (broad SMARTS) is 1. The zero-order valence-corrected chi connectivity index (χ0v) is 11.7. The number of hydrogen-bond acceptors (Lipinski definition) is 4. The molecule has 0 radical (unpaired) electrons. The summed E-state index contributed by atoms with van der Waals surface area (Å²) in [6, 6.07) is 8.93. The maximum Gasteiger partial charge on any atom is 1.00 e. The minimum Gasteiger partial charge on any atom is -0.546 e. The molecule has 5 heteroatoms. The van der Waals surface area contributed by atoms with Gasteiger partial charge in [-0.1, -0.05) is 6.07 Å². The molecule has 0 saturated carbocycles. The van der Waals surface area contributed by atoms with Crippen molar-refractivity contribution in [2.75, 3.05) is 0 Å². The van der Waals surface area contributed by atoms with Crippen LogP contribution >= 0.6 is 0 Å². The fourth-order valence-corrected chi connectivity index (χ4v) is 1.42. The second-order valence-corrected chi connectivity index (χ2v) is 3.41. The van der Waals surface area contributed by atoms with E-state index in [1.807, 2.05) is 12.1 Å². The standard InChI is InChI=1S/C12H11NO3.Na/c1-8(12(14)15)16-11-6-2-5-10-9(11)4-3-7-13-10;/h2-8H,1H3,(H,14,15);/q;+1/p-1/t8-;/m0./s1. The van der Waals surface area contributed by atoms with E-state index in [4.69, 9.17) is 4.74 Å². The summed E-state index contributed by atoms with van der Waals surface area (Å²) in [7, 11) is 0. The van der Waals surface area contributed by atoms with E-state index in [9.17, 15) is 9.90 Å². The largest absolute Gasteiger partial charge is 1.00 e. The van der Waals surface area contributed by atoms with Crippen LogP contribution in [0, 0.1) is 0 Å². The zero-order valence-electron chi connectivity index (χ0n) is 9.71. The summed E-state index contributed by atoms with van der Waals surface area (Å²) in [5, 5.41) is 11.4. The third-order valence-electron chi connectivity index (χ3n) is 2.24. The van der Waals surface area contributed by atoms with Gasteiger partial charge in [-0.15, -0.1) is 0 Å². The molecule has 0 aliphatic carbocycles. The number of carboxylic acids is 1. The van der Waals surface area contributed by atoms with Crippen molar-refractivity contribution in [1.29, 1.82) is 0 Å². The molecule has 0 bridgehead atoms. The monoisotopic (exact) mass is 239 g/mol. The van der Waals surface area contributed by atoms with Gasteiger partial charge in [0.25, 0.3) is 0 Å². The van der Waals surface area contributed by atoms with E-state index in [1.54, 1.807) is 24.4 Å². The fourth-order valence-electron chi connectivity index (χ4n) is 1.42. The van der Waals surface area contributed by atoms with Crippen LogP contribution in [0.3, 0.4) is 0 Å². The van der Waals surface area contributed by atoms with Crippen LogP contribution in [0.25, 0.3) is 10.9 Å². The van der Waals surface area contributed by atoms with Gasteiger partial charge in [-0.2, -0.15) is 0 Å². The second-order valence-electron chi connectivity index (χ2n) is 3.41. The Balaban J connectivity index is 0.00000144. The first-order valence-corrected chi connectivity index (χ1v) is 4.90. The van der Waals surface area contributed by atoms with Gasteiger partial charge in [-0.25, -0.2) is 0 Å². The molecule has 0 unspecified atom stereocenters. The van der Waals surface area contributed by atoms with Crippen molar-refractivity contribution in [2.24, 2.45) is 0 Å². The van der Waals surface area contributed by atoms with E-state index in [1.165, 1.54) is 6.92 Å². The van der Waals surface area contributed by atoms with E-state index in [0.29, 0.717) is 5.75 Å². The molecule has 1 atom stereocenters. The quantitative estimate of drug-likeness (QED) is 0.568. The van der Waals surface area contributed by atoms with Crippen molar-refractivity contribution < 1.29 is 44.2 Å². The van der Waals surface area contributed by atoms with Crippen molar-refractivity contribution >= 4 is 16.9 Å². The number of hydrogen-bond donors (Lipinski definition) is 0. The number of benzene rings is 1. The predicted octanol–water partition coefficient (Wildman–Crippen LogP) is -2.24. The minimum absolute atomic E-state index is 0. The zero-order chi connectivity index (χ0) is 11.5. The summed E-state index contributed by atoms with van der Waals surface area (Å²) in [5.74, 6) is -0.733. The van der Waals surface area contributed by atoms with Crippen molar-refractivity contribution in [3.05, 3.63) is 36.5 Å². The predicted molar refractivity (Wildman–Crippen MR) is 56.8 cm³/mol. The number of aliphatic carboxylic acids is 1. The van der Waals surface area contributed by atoms with Crippen molar-refractivity contribution in [3.63, 3.8) is 0 Å². The van der Waals surface area contributed by atoms with Gasteiger partial charge < -0.3 is 14.6 Å². The van der Waals surface area contributed by atoms with Gasteiger partial charge in [0.1, 0.15) is 11.9 Å². The van der Waals surface area contributed by atoms with E-state index in [-0.39, 0.29) is 29.6 Å². The van der Waals surface area contributed by atoms with Crippen LogP contribution < -0.4 is 39.4 Å². The van der Waals surface area contributed by atoms with Crippen LogP contribution in [0.1, 0.15) is 6.92 Å². The molecule has 1 aromatic carbocycles. The van der Waals surface area contributed by atoms with Gasteiger partial charge in [0.05, 0.1) is 11.5 Å². The smallest absolute Gasteiger partial charge is 0.546 e. The minimum atomic E-state index is -1.24. The van der Waals surface area contributed by atoms with Crippen LogP contribution in [0.4, 0.5) is 0 Å². The first kappa shape index (κ1) is 14.0. The maximum absolute atomic E-state index is 10.6. The van der Waals surface area contributed by atoms with Gasteiger partial charge in [0, 0.05) is 11.6 Å². The average Bonchev–Trinajstić information content (AvgIpc) is 2.29. The maximum atomic E-state index is 10.6. The Hall–Kier alpha value is -1.10. The molecule has 0 aliphatic rings. The van der Waals surface area contributed by atoms with E-state index in [2.05, 4.69) is 4.98 Å². The van der Waals surface area contributed by atoms with E-state index >= 15 is 0 Å². The summed E-state index contributed by atoms with van der Waals surface area (Å²) in [4.78, 5) is 14.7. The third kappa shape index (κ3) is 3.19. The topological polar surface area (TPSA) is 62.2 Å². The Labute approximate surface area is 121 Å². The SMILES string of the molecule is C[C@H](Oc1cccc2ncccc12)C(=O)[O-].[Na+]. The number of carbonyl (C=O) groups is 1. The molecule has 82 valence electrons. The number of fused-ring (bicyclic) bond motifs is 1.